The quantitative estimate of drug-likeness (QED) is 0.737. The van der Waals surface area contributed by atoms with Gasteiger partial charge in [-0.3, -0.25) is 4.98 Å². The van der Waals surface area contributed by atoms with Crippen molar-refractivity contribution in [3.8, 4) is 0 Å². The molecular weight excluding hydrogens is 306 g/mol. The van der Waals surface area contributed by atoms with E-state index in [1.165, 1.54) is 40.7 Å². The molecule has 1 aliphatic rings. The first-order valence-corrected chi connectivity index (χ1v) is 9.13. The van der Waals surface area contributed by atoms with E-state index in [2.05, 4.69) is 77.6 Å². The molecule has 1 saturated heterocycles. The Morgan fingerprint density at radius 3 is 2.84 bits per heavy atom. The summed E-state index contributed by atoms with van der Waals surface area (Å²) in [4.78, 5) is 7.06. The maximum Gasteiger partial charge on any atom is 0.0751 e. The van der Waals surface area contributed by atoms with Crippen LogP contribution in [0.25, 0.3) is 10.9 Å². The third-order valence-corrected chi connectivity index (χ3v) is 5.12. The Kier molecular flexibility index (Phi) is 4.31. The molecule has 0 radical (unpaired) electrons. The molecular formula is C22H25N3. The Bertz CT molecular complexity index is 887. The molecule has 2 heterocycles. The lowest BCUT2D eigenvalue weighted by atomic mass is 10.0. The molecule has 0 amide bonds. The van der Waals surface area contributed by atoms with Gasteiger partial charge in [0, 0.05) is 42.1 Å². The molecule has 3 heteroatoms. The summed E-state index contributed by atoms with van der Waals surface area (Å²) < 4.78 is 0. The maximum absolute atomic E-state index is 4.56. The minimum absolute atomic E-state index is 0.459. The first-order valence-electron chi connectivity index (χ1n) is 9.13. The fourth-order valence-electron chi connectivity index (χ4n) is 3.82. The number of nitrogens with one attached hydrogen (secondary N) is 1. The summed E-state index contributed by atoms with van der Waals surface area (Å²) in [6.45, 7) is 6.46. The van der Waals surface area contributed by atoms with Crippen LogP contribution in [0, 0.1) is 13.8 Å². The molecule has 0 spiro atoms. The fourth-order valence-corrected chi connectivity index (χ4v) is 3.82. The number of aryl methyl sites for hydroxylation is 2. The van der Waals surface area contributed by atoms with Crippen LogP contribution in [0.2, 0.25) is 0 Å². The first kappa shape index (κ1) is 15.9. The predicted octanol–water partition coefficient (Wildman–Crippen LogP) is 4.93. The van der Waals surface area contributed by atoms with Gasteiger partial charge in [0.05, 0.1) is 5.52 Å². The highest BCUT2D eigenvalue weighted by molar-refractivity contribution is 5.92. The van der Waals surface area contributed by atoms with Crippen molar-refractivity contribution in [2.75, 3.05) is 23.3 Å². The van der Waals surface area contributed by atoms with Crippen molar-refractivity contribution < 1.29 is 0 Å². The molecule has 1 fully saturated rings. The van der Waals surface area contributed by atoms with Gasteiger partial charge in [0.15, 0.2) is 0 Å². The molecule has 25 heavy (non-hydrogen) atoms. The molecule has 1 unspecified atom stereocenters. The van der Waals surface area contributed by atoms with E-state index < -0.39 is 0 Å². The Morgan fingerprint density at radius 2 is 1.96 bits per heavy atom. The van der Waals surface area contributed by atoms with Gasteiger partial charge in [0.25, 0.3) is 0 Å². The molecule has 0 bridgehead atoms. The Morgan fingerprint density at radius 1 is 1.08 bits per heavy atom. The number of hydrogen-bond acceptors (Lipinski definition) is 3. The van der Waals surface area contributed by atoms with E-state index in [1.807, 2.05) is 6.20 Å². The van der Waals surface area contributed by atoms with Gasteiger partial charge in [-0.05, 0) is 56.0 Å². The molecule has 2 aromatic carbocycles. The third-order valence-electron chi connectivity index (χ3n) is 5.12. The Hall–Kier alpha value is -2.55. The maximum atomic E-state index is 4.56. The number of aromatic nitrogens is 1. The number of nitrogens with zero attached hydrogens (tertiary/aromatic N) is 2. The zero-order valence-corrected chi connectivity index (χ0v) is 15.0. The molecule has 4 rings (SSSR count). The van der Waals surface area contributed by atoms with Gasteiger partial charge in [-0.1, -0.05) is 30.3 Å². The largest absolute Gasteiger partial charge is 0.380 e. The second kappa shape index (κ2) is 6.75. The van der Waals surface area contributed by atoms with Crippen molar-refractivity contribution in [2.45, 2.75) is 32.7 Å². The van der Waals surface area contributed by atoms with Crippen LogP contribution in [0.1, 0.15) is 24.0 Å². The number of hydrogen-bond donors (Lipinski definition) is 1. The summed E-state index contributed by atoms with van der Waals surface area (Å²) in [7, 11) is 0. The van der Waals surface area contributed by atoms with Gasteiger partial charge in [-0.25, -0.2) is 0 Å². The van der Waals surface area contributed by atoms with E-state index in [-0.39, 0.29) is 0 Å². The SMILES string of the molecule is Cc1cccc(N2CCCC(Nc3ccnc4c(C)cccc34)C2)c1. The molecule has 1 atom stereocenters. The van der Waals surface area contributed by atoms with Crippen LogP contribution in [0.15, 0.2) is 54.7 Å². The van der Waals surface area contributed by atoms with E-state index in [1.54, 1.807) is 0 Å². The number of anilines is 2. The monoisotopic (exact) mass is 331 g/mol. The van der Waals surface area contributed by atoms with E-state index in [0.29, 0.717) is 6.04 Å². The summed E-state index contributed by atoms with van der Waals surface area (Å²) in [5, 5.41) is 5.00. The normalized spacial score (nSPS) is 17.7. The van der Waals surface area contributed by atoms with Gasteiger partial charge in [0.2, 0.25) is 0 Å². The average molecular weight is 331 g/mol. The zero-order chi connectivity index (χ0) is 17.2. The lowest BCUT2D eigenvalue weighted by Gasteiger charge is -2.35. The second-order valence-electron chi connectivity index (χ2n) is 7.10. The molecule has 1 aliphatic heterocycles. The van der Waals surface area contributed by atoms with Gasteiger partial charge in [-0.15, -0.1) is 0 Å². The van der Waals surface area contributed by atoms with E-state index >= 15 is 0 Å². The molecule has 3 aromatic rings. The van der Waals surface area contributed by atoms with Crippen LogP contribution in [0.3, 0.4) is 0 Å². The van der Waals surface area contributed by atoms with Crippen molar-refractivity contribution in [1.29, 1.82) is 0 Å². The minimum atomic E-state index is 0.459. The molecule has 3 nitrogen and oxygen atoms in total. The fraction of sp³-hybridized carbons (Fsp3) is 0.318. The van der Waals surface area contributed by atoms with Gasteiger partial charge in [-0.2, -0.15) is 0 Å². The number of fused-ring (bicyclic) bond motifs is 1. The highest BCUT2D eigenvalue weighted by Gasteiger charge is 2.20. The minimum Gasteiger partial charge on any atom is -0.380 e. The van der Waals surface area contributed by atoms with Crippen LogP contribution in [-0.4, -0.2) is 24.1 Å². The van der Waals surface area contributed by atoms with E-state index in [4.69, 9.17) is 0 Å². The number of pyridine rings is 1. The molecule has 1 aromatic heterocycles. The molecule has 128 valence electrons. The average Bonchev–Trinajstić information content (AvgIpc) is 2.63. The summed E-state index contributed by atoms with van der Waals surface area (Å²) in [6.07, 6.45) is 4.34. The smallest absolute Gasteiger partial charge is 0.0751 e. The Labute approximate surface area is 149 Å². The van der Waals surface area contributed by atoms with Gasteiger partial charge in [0.1, 0.15) is 0 Å². The van der Waals surface area contributed by atoms with Gasteiger partial charge < -0.3 is 10.2 Å². The molecule has 0 saturated carbocycles. The highest BCUT2D eigenvalue weighted by atomic mass is 15.2. The first-order chi connectivity index (χ1) is 12.2. The van der Waals surface area contributed by atoms with E-state index in [0.717, 1.165) is 18.6 Å². The summed E-state index contributed by atoms with van der Waals surface area (Å²) in [5.74, 6) is 0. The predicted molar refractivity (Wildman–Crippen MR) is 107 cm³/mol. The lowest BCUT2D eigenvalue weighted by Crippen LogP contribution is -2.42. The topological polar surface area (TPSA) is 28.2 Å². The Balaban J connectivity index is 1.56. The van der Waals surface area contributed by atoms with Crippen molar-refractivity contribution in [2.24, 2.45) is 0 Å². The number of benzene rings is 2. The van der Waals surface area contributed by atoms with Crippen molar-refractivity contribution in [1.82, 2.24) is 4.98 Å². The van der Waals surface area contributed by atoms with Crippen LogP contribution in [-0.2, 0) is 0 Å². The van der Waals surface area contributed by atoms with Crippen LogP contribution >= 0.6 is 0 Å². The molecule has 0 aliphatic carbocycles. The zero-order valence-electron chi connectivity index (χ0n) is 15.0. The van der Waals surface area contributed by atoms with E-state index in [9.17, 15) is 0 Å². The lowest BCUT2D eigenvalue weighted by molar-refractivity contribution is 0.530. The van der Waals surface area contributed by atoms with Crippen LogP contribution in [0.4, 0.5) is 11.4 Å². The van der Waals surface area contributed by atoms with Gasteiger partial charge >= 0.3 is 0 Å². The number of rotatable bonds is 3. The third kappa shape index (κ3) is 3.32. The van der Waals surface area contributed by atoms with Crippen molar-refractivity contribution in [3.05, 3.63) is 65.9 Å². The van der Waals surface area contributed by atoms with Crippen molar-refractivity contribution in [3.63, 3.8) is 0 Å². The number of para-hydroxylation sites is 1. The van der Waals surface area contributed by atoms with Crippen LogP contribution in [0.5, 0.6) is 0 Å². The summed E-state index contributed by atoms with van der Waals surface area (Å²) >= 11 is 0. The summed E-state index contributed by atoms with van der Waals surface area (Å²) in [6, 6.07) is 17.8. The standard InChI is InChI=1S/C22H25N3/c1-16-6-3-9-19(14-16)25-13-5-8-18(15-25)24-21-11-12-23-22-17(2)7-4-10-20(21)22/h3-4,6-7,9-12,14,18H,5,8,13,15H2,1-2H3,(H,23,24). The van der Waals surface area contributed by atoms with Crippen molar-refractivity contribution >= 4 is 22.3 Å². The highest BCUT2D eigenvalue weighted by Crippen LogP contribution is 2.27. The molecule has 1 N–H and O–H groups in total. The second-order valence-corrected chi connectivity index (χ2v) is 7.10. The number of piperidine rings is 1. The summed E-state index contributed by atoms with van der Waals surface area (Å²) in [5.41, 5.74) is 6.18. The van der Waals surface area contributed by atoms with Crippen LogP contribution < -0.4 is 10.2 Å².